The number of carbonyl (C=O) groups excluding carboxylic acids is 1. The minimum absolute atomic E-state index is 0.0346. The van der Waals surface area contributed by atoms with Crippen molar-refractivity contribution in [2.45, 2.75) is 13.3 Å². The van der Waals surface area contributed by atoms with E-state index in [0.29, 0.717) is 0 Å². The van der Waals surface area contributed by atoms with Crippen molar-refractivity contribution in [3.8, 4) is 6.07 Å². The topological polar surface area (TPSA) is 40.9 Å². The molecule has 20 heavy (non-hydrogen) atoms. The van der Waals surface area contributed by atoms with E-state index >= 15 is 0 Å². The molecular weight excluding hydrogens is 266 g/mol. The maximum Gasteiger partial charge on any atom is 0.174 e. The molecular formula is C17H15NOS. The largest absolute Gasteiger partial charge is 0.293 e. The van der Waals surface area contributed by atoms with Crippen molar-refractivity contribution in [1.82, 2.24) is 0 Å². The summed E-state index contributed by atoms with van der Waals surface area (Å²) in [5.41, 5.74) is 1.97. The third-order valence-electron chi connectivity index (χ3n) is 3.08. The molecule has 2 nitrogen and oxygen atoms in total. The van der Waals surface area contributed by atoms with E-state index in [9.17, 15) is 10.1 Å². The van der Waals surface area contributed by atoms with Crippen LogP contribution in [0.5, 0.6) is 0 Å². The highest BCUT2D eigenvalue weighted by Gasteiger charge is 2.17. The van der Waals surface area contributed by atoms with Gasteiger partial charge in [0.25, 0.3) is 0 Å². The predicted octanol–water partition coefficient (Wildman–Crippen LogP) is 4.56. The third-order valence-corrected chi connectivity index (χ3v) is 4.00. The summed E-state index contributed by atoms with van der Waals surface area (Å²) in [6, 6.07) is 15.7. The van der Waals surface area contributed by atoms with E-state index < -0.39 is 0 Å². The number of nitrogens with zero attached hydrogens (tertiary/aromatic N) is 1. The molecule has 0 saturated heterocycles. The van der Waals surface area contributed by atoms with E-state index in [1.54, 1.807) is 6.07 Å². The summed E-state index contributed by atoms with van der Waals surface area (Å²) in [4.78, 5) is 12.8. The average Bonchev–Trinajstić information content (AvgIpc) is 2.99. The number of hydrogen-bond donors (Lipinski definition) is 0. The Balaban J connectivity index is 2.11. The number of hydrogen-bond acceptors (Lipinski definition) is 3. The van der Waals surface area contributed by atoms with Crippen LogP contribution in [0.2, 0.25) is 0 Å². The van der Waals surface area contributed by atoms with Crippen LogP contribution in [0.4, 0.5) is 0 Å². The van der Waals surface area contributed by atoms with Crippen LogP contribution in [-0.2, 0) is 0 Å². The SMILES string of the molecule is C/C(=C\c1ccccc1)C(C#N)CC(=O)c1cccs1. The van der Waals surface area contributed by atoms with Gasteiger partial charge in [-0.3, -0.25) is 4.79 Å². The summed E-state index contributed by atoms with van der Waals surface area (Å²) in [7, 11) is 0. The van der Waals surface area contributed by atoms with Gasteiger partial charge in [-0.15, -0.1) is 11.3 Å². The summed E-state index contributed by atoms with van der Waals surface area (Å²) < 4.78 is 0. The smallest absolute Gasteiger partial charge is 0.174 e. The number of ketones is 1. The maximum atomic E-state index is 12.1. The first-order chi connectivity index (χ1) is 9.70. The van der Waals surface area contributed by atoms with Gasteiger partial charge in [-0.2, -0.15) is 5.26 Å². The van der Waals surface area contributed by atoms with E-state index in [1.807, 2.05) is 54.8 Å². The van der Waals surface area contributed by atoms with Crippen molar-refractivity contribution in [1.29, 1.82) is 5.26 Å². The van der Waals surface area contributed by atoms with Gasteiger partial charge in [0.15, 0.2) is 5.78 Å². The molecule has 1 atom stereocenters. The average molecular weight is 281 g/mol. The van der Waals surface area contributed by atoms with Crippen molar-refractivity contribution in [2.75, 3.05) is 0 Å². The highest BCUT2D eigenvalue weighted by atomic mass is 32.1. The Morgan fingerprint density at radius 3 is 2.65 bits per heavy atom. The fourth-order valence-electron chi connectivity index (χ4n) is 1.94. The number of benzene rings is 1. The Labute approximate surface area is 123 Å². The summed E-state index contributed by atoms with van der Waals surface area (Å²) in [5, 5.41) is 11.2. The quantitative estimate of drug-likeness (QED) is 0.753. The Hall–Kier alpha value is -2.18. The molecule has 0 aliphatic heterocycles. The molecule has 1 heterocycles. The zero-order chi connectivity index (χ0) is 14.4. The second-order valence-corrected chi connectivity index (χ2v) is 5.53. The van der Waals surface area contributed by atoms with Crippen LogP contribution in [0, 0.1) is 17.2 Å². The highest BCUT2D eigenvalue weighted by molar-refractivity contribution is 7.12. The predicted molar refractivity (Wildman–Crippen MR) is 82.5 cm³/mol. The Morgan fingerprint density at radius 2 is 2.05 bits per heavy atom. The second-order valence-electron chi connectivity index (χ2n) is 4.59. The first-order valence-corrected chi connectivity index (χ1v) is 7.28. The van der Waals surface area contributed by atoms with E-state index in [2.05, 4.69) is 6.07 Å². The van der Waals surface area contributed by atoms with Gasteiger partial charge in [-0.1, -0.05) is 48.0 Å². The second kappa shape index (κ2) is 6.83. The van der Waals surface area contributed by atoms with Gasteiger partial charge in [0, 0.05) is 6.42 Å². The lowest BCUT2D eigenvalue weighted by atomic mass is 9.94. The van der Waals surface area contributed by atoms with E-state index in [1.165, 1.54) is 11.3 Å². The molecule has 0 amide bonds. The lowest BCUT2D eigenvalue weighted by molar-refractivity contribution is 0.0978. The van der Waals surface area contributed by atoms with Gasteiger partial charge in [-0.25, -0.2) is 0 Å². The molecule has 1 aromatic carbocycles. The summed E-state index contributed by atoms with van der Waals surface area (Å²) in [6.07, 6.45) is 2.21. The summed E-state index contributed by atoms with van der Waals surface area (Å²) in [5.74, 6) is -0.336. The zero-order valence-electron chi connectivity index (χ0n) is 11.2. The molecule has 0 fully saturated rings. The van der Waals surface area contributed by atoms with E-state index in [4.69, 9.17) is 0 Å². The summed E-state index contributed by atoms with van der Waals surface area (Å²) in [6.45, 7) is 1.91. The van der Waals surface area contributed by atoms with Crippen molar-refractivity contribution in [2.24, 2.45) is 5.92 Å². The van der Waals surface area contributed by atoms with Gasteiger partial charge in [0.05, 0.1) is 16.9 Å². The van der Waals surface area contributed by atoms with E-state index in [-0.39, 0.29) is 18.1 Å². The minimum atomic E-state index is -0.371. The molecule has 2 rings (SSSR count). The maximum absolute atomic E-state index is 12.1. The third kappa shape index (κ3) is 3.66. The highest BCUT2D eigenvalue weighted by Crippen LogP contribution is 2.21. The van der Waals surface area contributed by atoms with Crippen molar-refractivity contribution >= 4 is 23.2 Å². The number of nitriles is 1. The van der Waals surface area contributed by atoms with Crippen LogP contribution in [0.15, 0.2) is 53.4 Å². The van der Waals surface area contributed by atoms with Crippen LogP contribution in [0.3, 0.4) is 0 Å². The molecule has 0 aliphatic rings. The Morgan fingerprint density at radius 1 is 1.30 bits per heavy atom. The first kappa shape index (κ1) is 14.2. The normalized spacial score (nSPS) is 12.7. The molecule has 0 aliphatic carbocycles. The van der Waals surface area contributed by atoms with Crippen LogP contribution >= 0.6 is 11.3 Å². The Kier molecular flexibility index (Phi) is 4.86. The summed E-state index contributed by atoms with van der Waals surface area (Å²) >= 11 is 1.42. The van der Waals surface area contributed by atoms with Crippen LogP contribution < -0.4 is 0 Å². The van der Waals surface area contributed by atoms with Crippen molar-refractivity contribution < 1.29 is 4.79 Å². The van der Waals surface area contributed by atoms with Crippen LogP contribution in [0.1, 0.15) is 28.6 Å². The lowest BCUT2D eigenvalue weighted by Gasteiger charge is -2.08. The first-order valence-electron chi connectivity index (χ1n) is 6.40. The number of rotatable bonds is 5. The van der Waals surface area contributed by atoms with Gasteiger partial charge < -0.3 is 0 Å². The zero-order valence-corrected chi connectivity index (χ0v) is 12.1. The Bertz CT molecular complexity index is 635. The fourth-order valence-corrected chi connectivity index (χ4v) is 2.62. The number of thiophene rings is 1. The molecule has 0 spiro atoms. The standard InChI is InChI=1S/C17H15NOS/c1-13(10-14-6-3-2-4-7-14)15(12-18)11-16(19)17-8-5-9-20-17/h2-10,15H,11H2,1H3/b13-10+. The van der Waals surface area contributed by atoms with Crippen molar-refractivity contribution in [3.05, 3.63) is 63.9 Å². The van der Waals surface area contributed by atoms with Gasteiger partial charge in [0.1, 0.15) is 0 Å². The molecule has 0 radical (unpaired) electrons. The van der Waals surface area contributed by atoms with Gasteiger partial charge in [-0.05, 0) is 23.9 Å². The fraction of sp³-hybridized carbons (Fsp3) is 0.176. The molecule has 2 aromatic rings. The molecule has 0 bridgehead atoms. The molecule has 0 saturated carbocycles. The number of Topliss-reactive ketones (excluding diaryl/α,β-unsaturated/α-hetero) is 1. The van der Waals surface area contributed by atoms with Crippen molar-refractivity contribution in [3.63, 3.8) is 0 Å². The molecule has 100 valence electrons. The number of allylic oxidation sites excluding steroid dienone is 1. The monoisotopic (exact) mass is 281 g/mol. The number of carbonyl (C=O) groups is 1. The minimum Gasteiger partial charge on any atom is -0.293 e. The lowest BCUT2D eigenvalue weighted by Crippen LogP contribution is -2.07. The van der Waals surface area contributed by atoms with Crippen LogP contribution in [-0.4, -0.2) is 5.78 Å². The molecule has 0 N–H and O–H groups in total. The molecule has 1 unspecified atom stereocenters. The van der Waals surface area contributed by atoms with Gasteiger partial charge >= 0.3 is 0 Å². The molecule has 3 heteroatoms. The molecule has 1 aromatic heterocycles. The van der Waals surface area contributed by atoms with Gasteiger partial charge in [0.2, 0.25) is 0 Å². The van der Waals surface area contributed by atoms with E-state index in [0.717, 1.165) is 16.0 Å². The van der Waals surface area contributed by atoms with Crippen LogP contribution in [0.25, 0.3) is 6.08 Å².